The molecule has 1 aromatic rings. The number of aromatic nitrogens is 1. The first-order valence-corrected chi connectivity index (χ1v) is 5.70. The number of nitrogens with zero attached hydrogens (tertiary/aromatic N) is 1. The van der Waals surface area contributed by atoms with Crippen molar-refractivity contribution in [2.24, 2.45) is 0 Å². The van der Waals surface area contributed by atoms with Crippen LogP contribution in [0, 0.1) is 0 Å². The first kappa shape index (κ1) is 20.1. The van der Waals surface area contributed by atoms with E-state index >= 15 is 0 Å². The first-order valence-electron chi connectivity index (χ1n) is 5.70. The van der Waals surface area contributed by atoms with Crippen LogP contribution >= 0.6 is 0 Å². The molecular weight excluding hydrogens is 293 g/mol. The molecule has 0 aromatic carbocycles. The molecule has 1 heterocycles. The number of rotatable bonds is 7. The molecule has 1 aromatic heterocycles. The molecule has 0 saturated carbocycles. The van der Waals surface area contributed by atoms with Gasteiger partial charge in [-0.25, -0.2) is 4.79 Å². The topological polar surface area (TPSA) is 137 Å². The molecule has 0 aliphatic rings. The average Bonchev–Trinajstić information content (AvgIpc) is 2.50. The molecule has 0 unspecified atom stereocenters. The minimum absolute atomic E-state index is 0. The predicted octanol–water partition coefficient (Wildman–Crippen LogP) is -5.12. The van der Waals surface area contributed by atoms with Crippen LogP contribution in [0.15, 0.2) is 24.5 Å². The average molecular weight is 309 g/mol. The Kier molecular flexibility index (Phi) is 9.54. The molecule has 0 spiro atoms. The van der Waals surface area contributed by atoms with Gasteiger partial charge in [0.05, 0.1) is 0 Å². The maximum atomic E-state index is 11.4. The van der Waals surface area contributed by atoms with E-state index < -0.39 is 30.4 Å². The van der Waals surface area contributed by atoms with Gasteiger partial charge in [-0.05, 0) is 17.7 Å². The summed E-state index contributed by atoms with van der Waals surface area (Å²) in [6.07, 6.45) is -5.08. The van der Waals surface area contributed by atoms with Gasteiger partial charge in [0.1, 0.15) is 24.9 Å². The number of carbonyl (C=O) groups excluding carboxylic acids is 2. The number of ether oxygens (including phenoxy) is 1. The van der Waals surface area contributed by atoms with Crippen molar-refractivity contribution in [2.45, 2.75) is 31.0 Å². The zero-order valence-corrected chi connectivity index (χ0v) is 13.4. The summed E-state index contributed by atoms with van der Waals surface area (Å²) in [6, 6.07) is 3.17. The molecule has 4 N–H and O–H groups in total. The summed E-state index contributed by atoms with van der Waals surface area (Å²) in [4.78, 5) is 25.4. The van der Waals surface area contributed by atoms with E-state index in [4.69, 9.17) is 9.84 Å². The second-order valence-corrected chi connectivity index (χ2v) is 4.02. The van der Waals surface area contributed by atoms with E-state index in [1.54, 1.807) is 12.1 Å². The van der Waals surface area contributed by atoms with E-state index in [0.29, 0.717) is 5.56 Å². The summed E-state index contributed by atoms with van der Waals surface area (Å²) < 4.78 is 4.72. The predicted molar refractivity (Wildman–Crippen MR) is 65.2 cm³/mol. The zero-order chi connectivity index (χ0) is 15.1. The van der Waals surface area contributed by atoms with E-state index in [1.165, 1.54) is 12.4 Å². The molecule has 1 rings (SSSR count). The Labute approximate surface area is 144 Å². The van der Waals surface area contributed by atoms with Crippen LogP contribution in [0.2, 0.25) is 0 Å². The van der Waals surface area contributed by atoms with Crippen LogP contribution in [0.5, 0.6) is 0 Å². The van der Waals surface area contributed by atoms with E-state index in [-0.39, 0.29) is 43.9 Å². The van der Waals surface area contributed by atoms with Crippen LogP contribution in [0.4, 0.5) is 0 Å². The Bertz CT molecular complexity index is 450. The van der Waals surface area contributed by atoms with Crippen LogP contribution in [0.3, 0.4) is 0 Å². The van der Waals surface area contributed by atoms with Crippen molar-refractivity contribution >= 4 is 12.3 Å². The Balaban J connectivity index is 0. The summed E-state index contributed by atoms with van der Waals surface area (Å²) in [5, 5.41) is 37.2. The van der Waals surface area contributed by atoms with Gasteiger partial charge in [0.15, 0.2) is 12.4 Å². The third kappa shape index (κ3) is 6.18. The van der Waals surface area contributed by atoms with Gasteiger partial charge in [-0.15, -0.1) is 0 Å². The molecule has 0 bridgehead atoms. The van der Waals surface area contributed by atoms with Crippen molar-refractivity contribution in [3.63, 3.8) is 0 Å². The smallest absolute Gasteiger partial charge is 1.00 e. The molecule has 8 nitrogen and oxygen atoms in total. The van der Waals surface area contributed by atoms with Crippen LogP contribution in [0.1, 0.15) is 6.99 Å². The number of carbonyl (C=O) groups is 2. The number of aldehydes is 1. The Morgan fingerprint density at radius 3 is 2.33 bits per heavy atom. The van der Waals surface area contributed by atoms with Gasteiger partial charge in [-0.1, -0.05) is 0 Å². The fraction of sp³-hybridized carbons (Fsp3) is 0.417. The zero-order valence-electron chi connectivity index (χ0n) is 12.4. The Hall–Kier alpha value is -0.870. The molecule has 0 fully saturated rings. The maximum Gasteiger partial charge on any atom is 1.00 e. The van der Waals surface area contributed by atoms with Gasteiger partial charge in [-0.2, -0.15) is 0 Å². The SMILES string of the molecule is O=C[C@H](O)[C@@H](O)[C@H](O)[C@H](O)C(=O)OCc1ccncc1.[H-].[Na+]. The van der Waals surface area contributed by atoms with Gasteiger partial charge in [-0.3, -0.25) is 4.98 Å². The standard InChI is InChI=1S/C12H15NO7.Na.H/c14-5-8(15)9(16)10(17)11(18)12(19)20-6-7-1-3-13-4-2-7;;/h1-5,8-11,15-18H,6H2;;/q;+1;-1/t8-,9+,10-,11-;;/m0../s1. The van der Waals surface area contributed by atoms with Crippen LogP contribution < -0.4 is 29.6 Å². The van der Waals surface area contributed by atoms with Gasteiger partial charge in [0, 0.05) is 12.4 Å². The quantitative estimate of drug-likeness (QED) is 0.223. The fourth-order valence-electron chi connectivity index (χ4n) is 1.33. The van der Waals surface area contributed by atoms with Gasteiger partial charge < -0.3 is 31.4 Å². The molecule has 4 atom stereocenters. The van der Waals surface area contributed by atoms with E-state index in [1.807, 2.05) is 0 Å². The van der Waals surface area contributed by atoms with Gasteiger partial charge >= 0.3 is 35.5 Å². The summed E-state index contributed by atoms with van der Waals surface area (Å²) in [7, 11) is 0. The summed E-state index contributed by atoms with van der Waals surface area (Å²) in [6.45, 7) is -0.155. The third-order valence-corrected chi connectivity index (χ3v) is 2.53. The minimum Gasteiger partial charge on any atom is -1.00 e. The second-order valence-electron chi connectivity index (χ2n) is 4.02. The van der Waals surface area contributed by atoms with Crippen molar-refractivity contribution in [3.8, 4) is 0 Å². The monoisotopic (exact) mass is 309 g/mol. The molecular formula is C12H16NNaO7. The summed E-state index contributed by atoms with van der Waals surface area (Å²) in [5.41, 5.74) is 0.614. The third-order valence-electron chi connectivity index (χ3n) is 2.53. The summed E-state index contributed by atoms with van der Waals surface area (Å²) in [5.74, 6) is -1.19. The molecule has 0 amide bonds. The maximum absolute atomic E-state index is 11.4. The molecule has 9 heteroatoms. The number of hydrogen-bond donors (Lipinski definition) is 4. The number of aliphatic hydroxyl groups is 4. The van der Waals surface area contributed by atoms with Crippen molar-refractivity contribution in [2.75, 3.05) is 0 Å². The second kappa shape index (κ2) is 9.96. The van der Waals surface area contributed by atoms with Gasteiger partial charge in [0.2, 0.25) is 0 Å². The normalized spacial score (nSPS) is 16.0. The first-order chi connectivity index (χ1) is 9.47. The Morgan fingerprint density at radius 2 is 1.81 bits per heavy atom. The number of hydrogen-bond acceptors (Lipinski definition) is 8. The largest absolute Gasteiger partial charge is 1.00 e. The van der Waals surface area contributed by atoms with Crippen LogP contribution in [0.25, 0.3) is 0 Å². The fourth-order valence-corrected chi connectivity index (χ4v) is 1.33. The van der Waals surface area contributed by atoms with E-state index in [0.717, 1.165) is 0 Å². The van der Waals surface area contributed by atoms with Crippen molar-refractivity contribution in [3.05, 3.63) is 30.1 Å². The number of aliphatic hydroxyl groups excluding tert-OH is 4. The number of pyridine rings is 1. The van der Waals surface area contributed by atoms with Crippen LogP contribution in [-0.2, 0) is 20.9 Å². The van der Waals surface area contributed by atoms with Crippen molar-refractivity contribution < 1.29 is 65.7 Å². The van der Waals surface area contributed by atoms with E-state index in [2.05, 4.69) is 4.98 Å². The van der Waals surface area contributed by atoms with Crippen molar-refractivity contribution in [1.82, 2.24) is 4.98 Å². The summed E-state index contributed by atoms with van der Waals surface area (Å²) >= 11 is 0. The molecule has 0 aliphatic heterocycles. The van der Waals surface area contributed by atoms with Gasteiger partial charge in [0.25, 0.3) is 0 Å². The minimum atomic E-state index is -2.08. The van der Waals surface area contributed by atoms with Crippen molar-refractivity contribution in [1.29, 1.82) is 0 Å². The molecule has 0 saturated heterocycles. The molecule has 112 valence electrons. The Morgan fingerprint density at radius 1 is 1.24 bits per heavy atom. The van der Waals surface area contributed by atoms with Crippen LogP contribution in [-0.4, -0.2) is 62.1 Å². The molecule has 0 aliphatic carbocycles. The number of esters is 1. The molecule has 21 heavy (non-hydrogen) atoms. The van der Waals surface area contributed by atoms with E-state index in [9.17, 15) is 24.9 Å². The molecule has 0 radical (unpaired) electrons.